The van der Waals surface area contributed by atoms with E-state index in [1.165, 1.54) is 0 Å². The lowest BCUT2D eigenvalue weighted by Crippen LogP contribution is -1.97. The Hall–Kier alpha value is -0.190. The molecule has 0 N–H and O–H groups in total. The molecule has 0 aliphatic carbocycles. The molecule has 0 saturated heterocycles. The molecule has 0 atom stereocenters. The monoisotopic (exact) mass is 382 g/mol. The molecule has 0 aliphatic heterocycles. The predicted octanol–water partition coefficient (Wildman–Crippen LogP) is 4.92. The molecular weight excluding hydrogens is 371 g/mol. The molecule has 0 bridgehead atoms. The first-order valence-electron chi connectivity index (χ1n) is 5.08. The molecule has 0 heterocycles. The Labute approximate surface area is 123 Å². The van der Waals surface area contributed by atoms with Crippen molar-refractivity contribution in [1.29, 1.82) is 0 Å². The fraction of sp³-hybridized carbons (Fsp3) is 0.333. The summed E-state index contributed by atoms with van der Waals surface area (Å²) < 4.78 is 11.7. The van der Waals surface area contributed by atoms with Crippen LogP contribution in [-0.4, -0.2) is 13.7 Å². The van der Waals surface area contributed by atoms with Gasteiger partial charge in [0.15, 0.2) is 0 Å². The highest BCUT2D eigenvalue weighted by molar-refractivity contribution is 9.28. The first kappa shape index (κ1) is 14.9. The molecule has 0 amide bonds. The Morgan fingerprint density at radius 1 is 1.41 bits per heavy atom. The van der Waals surface area contributed by atoms with Gasteiger partial charge in [0.2, 0.25) is 0 Å². The van der Waals surface area contributed by atoms with Crippen molar-refractivity contribution in [2.24, 2.45) is 0 Å². The summed E-state index contributed by atoms with van der Waals surface area (Å²) in [6.45, 7) is 2.52. The van der Waals surface area contributed by atoms with E-state index in [2.05, 4.69) is 31.9 Å². The first-order valence-corrected chi connectivity index (χ1v) is 7.05. The van der Waals surface area contributed by atoms with Gasteiger partial charge in [0.1, 0.15) is 18.1 Å². The van der Waals surface area contributed by atoms with Crippen molar-refractivity contribution in [3.8, 4) is 11.5 Å². The van der Waals surface area contributed by atoms with Crippen LogP contribution in [0.25, 0.3) is 0 Å². The lowest BCUT2D eigenvalue weighted by atomic mass is 10.1. The van der Waals surface area contributed by atoms with E-state index in [-0.39, 0.29) is 0 Å². The summed E-state index contributed by atoms with van der Waals surface area (Å²) in [5.74, 6) is 1.46. The molecule has 0 unspecified atom stereocenters. The number of hydrogen-bond donors (Lipinski definition) is 0. The Bertz CT molecular complexity index is 415. The van der Waals surface area contributed by atoms with E-state index >= 15 is 0 Å². The van der Waals surface area contributed by atoms with E-state index in [1.54, 1.807) is 13.2 Å². The van der Waals surface area contributed by atoms with Crippen LogP contribution in [0.1, 0.15) is 12.5 Å². The van der Waals surface area contributed by atoms with Gasteiger partial charge in [-0.15, -0.1) is 0 Å². The van der Waals surface area contributed by atoms with Crippen molar-refractivity contribution in [3.63, 3.8) is 0 Å². The minimum Gasteiger partial charge on any atom is -0.495 e. The summed E-state index contributed by atoms with van der Waals surface area (Å²) in [6.07, 6.45) is 2.71. The van der Waals surface area contributed by atoms with E-state index in [0.29, 0.717) is 11.6 Å². The van der Waals surface area contributed by atoms with E-state index < -0.39 is 0 Å². The third-order valence-electron chi connectivity index (χ3n) is 2.17. The summed E-state index contributed by atoms with van der Waals surface area (Å²) in [4.78, 5) is 0. The number of hydrogen-bond acceptors (Lipinski definition) is 2. The topological polar surface area (TPSA) is 18.5 Å². The van der Waals surface area contributed by atoms with Crippen molar-refractivity contribution in [3.05, 3.63) is 32.2 Å². The maximum Gasteiger partial charge on any atom is 0.140 e. The number of methoxy groups -OCH3 is 1. The zero-order valence-electron chi connectivity index (χ0n) is 9.60. The van der Waals surface area contributed by atoms with Gasteiger partial charge in [-0.1, -0.05) is 18.5 Å². The molecule has 0 aromatic heterocycles. The minimum atomic E-state index is 0.470. The molecule has 0 radical (unpaired) electrons. The zero-order chi connectivity index (χ0) is 12.8. The fourth-order valence-corrected chi connectivity index (χ4v) is 1.97. The van der Waals surface area contributed by atoms with E-state index in [9.17, 15) is 0 Å². The number of halogens is 3. The smallest absolute Gasteiger partial charge is 0.140 e. The largest absolute Gasteiger partial charge is 0.495 e. The average molecular weight is 384 g/mol. The van der Waals surface area contributed by atoms with Gasteiger partial charge in [0.25, 0.3) is 0 Å². The normalized spacial score (nSPS) is 9.94. The van der Waals surface area contributed by atoms with Crippen LogP contribution in [0.15, 0.2) is 21.6 Å². The summed E-state index contributed by atoms with van der Waals surface area (Å²) >= 11 is 12.6. The van der Waals surface area contributed by atoms with Gasteiger partial charge in [-0.05, 0) is 56.0 Å². The molecule has 1 aromatic rings. The van der Waals surface area contributed by atoms with Crippen molar-refractivity contribution in [1.82, 2.24) is 0 Å². The van der Waals surface area contributed by atoms with Crippen LogP contribution in [0.3, 0.4) is 0 Å². The van der Waals surface area contributed by atoms with Crippen molar-refractivity contribution in [2.75, 3.05) is 13.7 Å². The number of aryl methyl sites for hydroxylation is 1. The van der Waals surface area contributed by atoms with Gasteiger partial charge in [-0.25, -0.2) is 0 Å². The molecule has 5 heteroatoms. The van der Waals surface area contributed by atoms with E-state index in [1.807, 2.05) is 19.1 Å². The third kappa shape index (κ3) is 4.53. The highest BCUT2D eigenvalue weighted by atomic mass is 79.9. The van der Waals surface area contributed by atoms with Gasteiger partial charge >= 0.3 is 0 Å². The van der Waals surface area contributed by atoms with Gasteiger partial charge in [0, 0.05) is 6.07 Å². The third-order valence-corrected chi connectivity index (χ3v) is 3.09. The minimum absolute atomic E-state index is 0.470. The number of rotatable bonds is 5. The van der Waals surface area contributed by atoms with Crippen LogP contribution in [-0.2, 0) is 6.42 Å². The molecule has 1 aromatic carbocycles. The van der Waals surface area contributed by atoms with Crippen LogP contribution >= 0.6 is 43.5 Å². The van der Waals surface area contributed by atoms with Gasteiger partial charge in [-0.2, -0.15) is 0 Å². The van der Waals surface area contributed by atoms with Crippen molar-refractivity contribution >= 4 is 43.5 Å². The van der Waals surface area contributed by atoms with Crippen LogP contribution in [0, 0.1) is 0 Å². The SMILES string of the molecule is CCc1cc(OCC=C(Br)Br)cc(Cl)c1OC. The van der Waals surface area contributed by atoms with Crippen LogP contribution in [0.5, 0.6) is 11.5 Å². The second kappa shape index (κ2) is 7.29. The summed E-state index contributed by atoms with van der Waals surface area (Å²) in [5.41, 5.74) is 1.04. The Morgan fingerprint density at radius 3 is 2.65 bits per heavy atom. The lowest BCUT2D eigenvalue weighted by Gasteiger charge is -2.11. The zero-order valence-corrected chi connectivity index (χ0v) is 13.5. The van der Waals surface area contributed by atoms with Crippen molar-refractivity contribution < 1.29 is 9.47 Å². The first-order chi connectivity index (χ1) is 8.08. The molecule has 94 valence electrons. The van der Waals surface area contributed by atoms with E-state index in [0.717, 1.165) is 26.9 Å². The highest BCUT2D eigenvalue weighted by Crippen LogP contribution is 2.33. The molecule has 17 heavy (non-hydrogen) atoms. The lowest BCUT2D eigenvalue weighted by molar-refractivity contribution is 0.360. The van der Waals surface area contributed by atoms with Crippen LogP contribution in [0.4, 0.5) is 0 Å². The molecule has 0 spiro atoms. The van der Waals surface area contributed by atoms with E-state index in [4.69, 9.17) is 21.1 Å². The summed E-state index contributed by atoms with van der Waals surface area (Å²) in [6, 6.07) is 3.70. The molecule has 0 fully saturated rings. The second-order valence-corrected chi connectivity index (χ2v) is 6.44. The standard InChI is InChI=1S/C12H13Br2ClO2/c1-3-8-6-9(17-5-4-11(13)14)7-10(15)12(8)16-2/h4,6-7H,3,5H2,1-2H3. The second-order valence-electron chi connectivity index (χ2n) is 3.26. The molecule has 0 saturated carbocycles. The maximum absolute atomic E-state index is 6.12. The average Bonchev–Trinajstić information content (AvgIpc) is 2.27. The molecule has 1 rings (SSSR count). The number of ether oxygens (including phenoxy) is 2. The molecule has 2 nitrogen and oxygen atoms in total. The highest BCUT2D eigenvalue weighted by Gasteiger charge is 2.09. The number of benzene rings is 1. The van der Waals surface area contributed by atoms with Crippen LogP contribution in [0.2, 0.25) is 5.02 Å². The molecule has 0 aliphatic rings. The van der Waals surface area contributed by atoms with Gasteiger partial charge < -0.3 is 9.47 Å². The predicted molar refractivity (Wildman–Crippen MR) is 78.8 cm³/mol. The quantitative estimate of drug-likeness (QED) is 0.717. The maximum atomic E-state index is 6.12. The molecular formula is C12H13Br2ClO2. The van der Waals surface area contributed by atoms with Crippen molar-refractivity contribution in [2.45, 2.75) is 13.3 Å². The Balaban J connectivity index is 2.88. The Morgan fingerprint density at radius 2 is 2.12 bits per heavy atom. The van der Waals surface area contributed by atoms with Gasteiger partial charge in [-0.3, -0.25) is 0 Å². The van der Waals surface area contributed by atoms with Gasteiger partial charge in [0.05, 0.1) is 15.5 Å². The summed E-state index contributed by atoms with van der Waals surface area (Å²) in [5, 5.41) is 0.573. The summed E-state index contributed by atoms with van der Waals surface area (Å²) in [7, 11) is 1.62. The fourth-order valence-electron chi connectivity index (χ4n) is 1.40. The Kier molecular flexibility index (Phi) is 6.38. The van der Waals surface area contributed by atoms with Crippen LogP contribution < -0.4 is 9.47 Å².